The van der Waals surface area contributed by atoms with Crippen molar-refractivity contribution >= 4 is 17.3 Å². The van der Waals surface area contributed by atoms with Gasteiger partial charge in [-0.1, -0.05) is 0 Å². The molecule has 0 radical (unpaired) electrons. The molecule has 2 aromatic rings. The lowest BCUT2D eigenvalue weighted by molar-refractivity contribution is -0.601. The molecule has 0 atom stereocenters. The molecule has 0 bridgehead atoms. The summed E-state index contributed by atoms with van der Waals surface area (Å²) in [6.45, 7) is 1.48. The molecular weight excluding hydrogens is 376 g/mol. The molecule has 2 heterocycles. The van der Waals surface area contributed by atoms with E-state index in [0.717, 1.165) is 38.4 Å². The lowest BCUT2D eigenvalue weighted by Crippen LogP contribution is -3.00. The van der Waals surface area contributed by atoms with E-state index < -0.39 is 9.85 Å². The minimum absolute atomic E-state index is 0. The Bertz CT molecular complexity index is 866. The number of hydrogen-bond donors (Lipinski definition) is 0. The van der Waals surface area contributed by atoms with Gasteiger partial charge >= 0.3 is 5.69 Å². The third kappa shape index (κ3) is 4.37. The summed E-state index contributed by atoms with van der Waals surface area (Å²) in [6, 6.07) is 6.66. The third-order valence-electron chi connectivity index (χ3n) is 4.36. The normalized spacial score (nSPS) is 13.6. The Morgan fingerprint density at radius 2 is 1.59 bits per heavy atom. The van der Waals surface area contributed by atoms with E-state index in [9.17, 15) is 25.0 Å². The summed E-state index contributed by atoms with van der Waals surface area (Å²) in [6.07, 6.45) is 6.21. The highest BCUT2D eigenvalue weighted by molar-refractivity contribution is 5.94. The fourth-order valence-corrected chi connectivity index (χ4v) is 3.00. The summed E-state index contributed by atoms with van der Waals surface area (Å²) < 4.78 is 1.47. The lowest BCUT2D eigenvalue weighted by Gasteiger charge is -2.26. The van der Waals surface area contributed by atoms with Gasteiger partial charge in [0.25, 0.3) is 17.3 Å². The molecule has 0 aliphatic carbocycles. The number of nitro groups is 2. The van der Waals surface area contributed by atoms with Crippen molar-refractivity contribution in [3.05, 3.63) is 68.5 Å². The number of hydrogen-bond acceptors (Lipinski definition) is 5. The van der Waals surface area contributed by atoms with Gasteiger partial charge in [0.1, 0.15) is 6.07 Å². The predicted octanol–water partition coefficient (Wildman–Crippen LogP) is -0.590. The maximum Gasteiger partial charge on any atom is 0.347 e. The van der Waals surface area contributed by atoms with Crippen LogP contribution in [0, 0.1) is 20.2 Å². The number of nitrogens with zero attached hydrogens (tertiary/aromatic N) is 4. The average Bonchev–Trinajstić information content (AvgIpc) is 2.67. The Kier molecular flexibility index (Phi) is 6.40. The maximum absolute atomic E-state index is 12.5. The summed E-state index contributed by atoms with van der Waals surface area (Å²) in [5.74, 6) is -0.0601. The number of pyridine rings is 1. The number of aromatic nitrogens is 1. The molecule has 0 N–H and O–H groups in total. The molecule has 1 aliphatic heterocycles. The van der Waals surface area contributed by atoms with E-state index in [2.05, 4.69) is 0 Å². The zero-order chi connectivity index (χ0) is 18.7. The van der Waals surface area contributed by atoms with Gasteiger partial charge < -0.3 is 17.3 Å². The van der Waals surface area contributed by atoms with E-state index in [1.54, 1.807) is 29.4 Å². The molecule has 1 fully saturated rings. The molecule has 1 saturated heterocycles. The second-order valence-corrected chi connectivity index (χ2v) is 6.03. The lowest BCUT2D eigenvalue weighted by atomic mass is 10.1. The highest BCUT2D eigenvalue weighted by Crippen LogP contribution is 2.24. The number of amides is 1. The summed E-state index contributed by atoms with van der Waals surface area (Å²) in [5.41, 5.74) is -0.0254. The topological polar surface area (TPSA) is 110 Å². The van der Waals surface area contributed by atoms with Gasteiger partial charge in [0.05, 0.1) is 15.4 Å². The average molecular weight is 393 g/mol. The standard InChI is InChI=1S/C17H17N4O5.ClH/c22-17(19-8-2-1-3-9-19)13-6-10-18(11-7-13)15-5-4-14(20(23)24)12-16(15)21(25)26;/h4-7,10-12H,1-3,8-9H2;1H/q+1;/p-1. The Balaban J connectivity index is 0.00000261. The van der Waals surface area contributed by atoms with E-state index in [1.807, 2.05) is 0 Å². The molecule has 10 heteroatoms. The molecule has 0 saturated carbocycles. The second-order valence-electron chi connectivity index (χ2n) is 6.03. The molecule has 3 rings (SSSR count). The van der Waals surface area contributed by atoms with Crippen molar-refractivity contribution in [1.82, 2.24) is 4.90 Å². The van der Waals surface area contributed by atoms with Gasteiger partial charge in [-0.05, 0) is 19.3 Å². The van der Waals surface area contributed by atoms with Crippen molar-refractivity contribution in [2.75, 3.05) is 13.1 Å². The predicted molar refractivity (Wildman–Crippen MR) is 91.0 cm³/mol. The minimum atomic E-state index is -0.679. The van der Waals surface area contributed by atoms with Crippen LogP contribution in [-0.4, -0.2) is 33.7 Å². The summed E-state index contributed by atoms with van der Waals surface area (Å²) in [7, 11) is 0. The van der Waals surface area contributed by atoms with Crippen molar-refractivity contribution in [2.24, 2.45) is 0 Å². The quantitative estimate of drug-likeness (QED) is 0.392. The third-order valence-corrected chi connectivity index (χ3v) is 4.36. The van der Waals surface area contributed by atoms with Crippen molar-refractivity contribution < 1.29 is 31.6 Å². The number of piperidine rings is 1. The molecule has 0 unspecified atom stereocenters. The van der Waals surface area contributed by atoms with Crippen molar-refractivity contribution in [3.63, 3.8) is 0 Å². The first kappa shape index (κ1) is 20.2. The zero-order valence-electron chi connectivity index (χ0n) is 14.3. The van der Waals surface area contributed by atoms with Gasteiger partial charge in [-0.15, -0.1) is 0 Å². The number of carbonyl (C=O) groups excluding carboxylic acids is 1. The first-order chi connectivity index (χ1) is 12.5. The highest BCUT2D eigenvalue weighted by atomic mass is 35.5. The van der Waals surface area contributed by atoms with Crippen LogP contribution in [-0.2, 0) is 0 Å². The number of likely N-dealkylation sites (tertiary alicyclic amines) is 1. The highest BCUT2D eigenvalue weighted by Gasteiger charge is 2.26. The van der Waals surface area contributed by atoms with Crippen LogP contribution in [0.2, 0.25) is 0 Å². The largest absolute Gasteiger partial charge is 1.00 e. The first-order valence-corrected chi connectivity index (χ1v) is 8.21. The Hall–Kier alpha value is -3.07. The van der Waals surface area contributed by atoms with Crippen LogP contribution in [0.25, 0.3) is 5.69 Å². The number of carbonyl (C=O) groups is 1. The summed E-state index contributed by atoms with van der Waals surface area (Å²) in [4.78, 5) is 35.0. The fourth-order valence-electron chi connectivity index (χ4n) is 3.00. The number of rotatable bonds is 4. The van der Waals surface area contributed by atoms with Gasteiger partial charge in [0.2, 0.25) is 0 Å². The molecule has 1 aromatic carbocycles. The Labute approximate surface area is 160 Å². The van der Waals surface area contributed by atoms with Crippen LogP contribution < -0.4 is 17.0 Å². The minimum Gasteiger partial charge on any atom is -1.00 e. The van der Waals surface area contributed by atoms with E-state index in [1.165, 1.54) is 16.7 Å². The van der Waals surface area contributed by atoms with Gasteiger partial charge in [-0.25, -0.2) is 0 Å². The monoisotopic (exact) mass is 392 g/mol. The molecule has 142 valence electrons. The van der Waals surface area contributed by atoms with Crippen molar-refractivity contribution in [1.29, 1.82) is 0 Å². The number of nitro benzene ring substituents is 2. The summed E-state index contributed by atoms with van der Waals surface area (Å²) in [5, 5.41) is 22.1. The Morgan fingerprint density at radius 3 is 2.15 bits per heavy atom. The molecule has 1 aliphatic rings. The zero-order valence-corrected chi connectivity index (χ0v) is 15.0. The second kappa shape index (κ2) is 8.54. The van der Waals surface area contributed by atoms with Gasteiger partial charge in [0.15, 0.2) is 12.4 Å². The van der Waals surface area contributed by atoms with E-state index in [0.29, 0.717) is 5.56 Å². The number of non-ortho nitro benzene ring substituents is 1. The molecule has 0 spiro atoms. The van der Waals surface area contributed by atoms with Crippen LogP contribution >= 0.6 is 0 Å². The number of halogens is 1. The van der Waals surface area contributed by atoms with Gasteiger partial charge in [-0.3, -0.25) is 25.0 Å². The van der Waals surface area contributed by atoms with E-state index >= 15 is 0 Å². The SMILES string of the molecule is O=C(c1cc[n+](-c2ccc([N+](=O)[O-])cc2[N+](=O)[O-])cc1)N1CCCCC1.[Cl-]. The first-order valence-electron chi connectivity index (χ1n) is 8.21. The Morgan fingerprint density at radius 1 is 0.963 bits per heavy atom. The van der Waals surface area contributed by atoms with Crippen LogP contribution in [0.4, 0.5) is 11.4 Å². The molecule has 1 amide bonds. The van der Waals surface area contributed by atoms with Crippen LogP contribution in [0.3, 0.4) is 0 Å². The molecule has 1 aromatic heterocycles. The molecule has 9 nitrogen and oxygen atoms in total. The fraction of sp³-hybridized carbons (Fsp3) is 0.294. The van der Waals surface area contributed by atoms with Gasteiger partial charge in [0, 0.05) is 37.4 Å². The molecular formula is C17H17ClN4O5. The van der Waals surface area contributed by atoms with Crippen molar-refractivity contribution in [3.8, 4) is 5.69 Å². The van der Waals surface area contributed by atoms with Crippen LogP contribution in [0.5, 0.6) is 0 Å². The van der Waals surface area contributed by atoms with E-state index in [4.69, 9.17) is 0 Å². The number of benzene rings is 1. The van der Waals surface area contributed by atoms with Crippen LogP contribution in [0.15, 0.2) is 42.7 Å². The van der Waals surface area contributed by atoms with Gasteiger partial charge in [-0.2, -0.15) is 4.57 Å². The molecule has 27 heavy (non-hydrogen) atoms. The van der Waals surface area contributed by atoms with Crippen LogP contribution in [0.1, 0.15) is 29.6 Å². The smallest absolute Gasteiger partial charge is 0.347 e. The summed E-state index contributed by atoms with van der Waals surface area (Å²) >= 11 is 0. The van der Waals surface area contributed by atoms with E-state index in [-0.39, 0.29) is 35.4 Å². The van der Waals surface area contributed by atoms with Crippen molar-refractivity contribution in [2.45, 2.75) is 19.3 Å². The maximum atomic E-state index is 12.5.